The van der Waals surface area contributed by atoms with Crippen LogP contribution in [0.15, 0.2) is 16.6 Å². The summed E-state index contributed by atoms with van der Waals surface area (Å²) in [6, 6.07) is 3.84. The minimum Gasteiger partial charge on any atom is -0.506 e. The largest absolute Gasteiger partial charge is 0.506 e. The van der Waals surface area contributed by atoms with Crippen molar-refractivity contribution in [1.29, 1.82) is 0 Å². The monoisotopic (exact) mass is 418 g/mol. The summed E-state index contributed by atoms with van der Waals surface area (Å²) in [6.07, 6.45) is 2.07. The summed E-state index contributed by atoms with van der Waals surface area (Å²) in [5.41, 5.74) is 0.861. The van der Waals surface area contributed by atoms with Crippen LogP contribution in [0, 0.1) is 0 Å². The maximum atomic E-state index is 10.3. The molecule has 0 aromatic heterocycles. The topological polar surface area (TPSA) is 35.5 Å². The summed E-state index contributed by atoms with van der Waals surface area (Å²) in [7, 11) is 0. The van der Waals surface area contributed by atoms with Crippen LogP contribution in [0.5, 0.6) is 5.75 Å². The Labute approximate surface area is 152 Å². The molecule has 1 aliphatic rings. The van der Waals surface area contributed by atoms with Crippen molar-refractivity contribution in [2.24, 2.45) is 0 Å². The van der Waals surface area contributed by atoms with Crippen LogP contribution in [0.3, 0.4) is 0 Å². The molecule has 0 bridgehead atoms. The van der Waals surface area contributed by atoms with Crippen molar-refractivity contribution < 1.29 is 5.11 Å². The van der Waals surface area contributed by atoms with Gasteiger partial charge >= 0.3 is 0 Å². The number of halogens is 4. The summed E-state index contributed by atoms with van der Waals surface area (Å²) in [6.45, 7) is 6.14. The van der Waals surface area contributed by atoms with Gasteiger partial charge in [0.15, 0.2) is 0 Å². The molecule has 0 radical (unpaired) electrons. The minimum atomic E-state index is 0. The zero-order chi connectivity index (χ0) is 13.8. The Morgan fingerprint density at radius 1 is 1.33 bits per heavy atom. The first kappa shape index (κ1) is 21.3. The lowest BCUT2D eigenvalue weighted by atomic mass is 9.98. The number of benzene rings is 1. The van der Waals surface area contributed by atoms with E-state index in [0.29, 0.717) is 9.50 Å². The second-order valence-corrected chi connectivity index (χ2v) is 6.14. The maximum Gasteiger partial charge on any atom is 0.136 e. The number of rotatable bonds is 4. The average molecular weight is 421 g/mol. The van der Waals surface area contributed by atoms with Crippen molar-refractivity contribution in [1.82, 2.24) is 10.2 Å². The quantitative estimate of drug-likeness (QED) is 0.758. The highest BCUT2D eigenvalue weighted by Crippen LogP contribution is 2.41. The fraction of sp³-hybridized carbons (Fsp3) is 0.571. The molecular formula is C14H22BrCl3N2O. The molecular weight excluding hydrogens is 398 g/mol. The van der Waals surface area contributed by atoms with Crippen molar-refractivity contribution in [2.75, 3.05) is 26.2 Å². The second kappa shape index (κ2) is 10.1. The Kier molecular flexibility index (Phi) is 10.3. The van der Waals surface area contributed by atoms with Crippen molar-refractivity contribution in [3.63, 3.8) is 0 Å². The van der Waals surface area contributed by atoms with E-state index in [-0.39, 0.29) is 36.6 Å². The van der Waals surface area contributed by atoms with E-state index >= 15 is 0 Å². The molecule has 1 heterocycles. The summed E-state index contributed by atoms with van der Waals surface area (Å²) >= 11 is 9.71. The lowest BCUT2D eigenvalue weighted by Crippen LogP contribution is -2.45. The third-order valence-corrected chi connectivity index (χ3v) is 4.57. The molecule has 1 fully saturated rings. The maximum absolute atomic E-state index is 10.3. The van der Waals surface area contributed by atoms with E-state index < -0.39 is 0 Å². The van der Waals surface area contributed by atoms with Crippen LogP contribution in [0.2, 0.25) is 5.02 Å². The first-order valence-corrected chi connectivity index (χ1v) is 7.94. The molecule has 0 spiro atoms. The molecule has 3 nitrogen and oxygen atoms in total. The summed E-state index contributed by atoms with van der Waals surface area (Å²) < 4.78 is 0.711. The van der Waals surface area contributed by atoms with Gasteiger partial charge in [0.1, 0.15) is 5.75 Å². The molecule has 1 aromatic rings. The lowest BCUT2D eigenvalue weighted by Gasteiger charge is -2.36. The first-order valence-electron chi connectivity index (χ1n) is 6.76. The Hall–Kier alpha value is 0.290. The molecule has 21 heavy (non-hydrogen) atoms. The molecule has 1 aliphatic heterocycles. The van der Waals surface area contributed by atoms with E-state index in [2.05, 4.69) is 33.1 Å². The fourth-order valence-corrected chi connectivity index (χ4v) is 3.27. The van der Waals surface area contributed by atoms with Crippen molar-refractivity contribution in [3.8, 4) is 5.75 Å². The van der Waals surface area contributed by atoms with Gasteiger partial charge in [0.25, 0.3) is 0 Å². The molecule has 0 aliphatic carbocycles. The molecule has 2 N–H and O–H groups in total. The SMILES string of the molecule is CCC[C@@H](c1c(Cl)ccc(Br)c1O)N1CCNCC1.Cl.Cl. The van der Waals surface area contributed by atoms with Crippen LogP contribution in [-0.2, 0) is 0 Å². The number of nitrogens with one attached hydrogen (secondary N) is 1. The predicted molar refractivity (Wildman–Crippen MR) is 97.4 cm³/mol. The minimum absolute atomic E-state index is 0. The lowest BCUT2D eigenvalue weighted by molar-refractivity contribution is 0.162. The van der Waals surface area contributed by atoms with Gasteiger partial charge in [-0.05, 0) is 34.5 Å². The average Bonchev–Trinajstić information content (AvgIpc) is 2.43. The molecule has 122 valence electrons. The Morgan fingerprint density at radius 3 is 2.52 bits per heavy atom. The Bertz CT molecular complexity index is 442. The molecule has 1 atom stereocenters. The van der Waals surface area contributed by atoms with Crippen LogP contribution < -0.4 is 5.32 Å². The number of piperazine rings is 1. The molecule has 7 heteroatoms. The van der Waals surface area contributed by atoms with Gasteiger partial charge in [-0.2, -0.15) is 0 Å². The Balaban J connectivity index is 0.00000200. The smallest absolute Gasteiger partial charge is 0.136 e. The van der Waals surface area contributed by atoms with E-state index in [9.17, 15) is 5.11 Å². The molecule has 0 saturated carbocycles. The van der Waals surface area contributed by atoms with Gasteiger partial charge in [-0.3, -0.25) is 4.90 Å². The van der Waals surface area contributed by atoms with Crippen molar-refractivity contribution >= 4 is 52.3 Å². The zero-order valence-corrected chi connectivity index (χ0v) is 15.9. The van der Waals surface area contributed by atoms with E-state index in [0.717, 1.165) is 44.6 Å². The standard InChI is InChI=1S/C14H20BrClN2O.2ClH/c1-2-3-12(18-8-6-17-7-9-18)13-11(16)5-4-10(15)14(13)19;;/h4-5,12,17,19H,2-3,6-9H2,1H3;2*1H/t12-;;/m0../s1. The highest BCUT2D eigenvalue weighted by molar-refractivity contribution is 9.10. The van der Waals surface area contributed by atoms with Gasteiger partial charge in [-0.15, -0.1) is 24.8 Å². The highest BCUT2D eigenvalue weighted by atomic mass is 79.9. The van der Waals surface area contributed by atoms with E-state index in [1.54, 1.807) is 6.07 Å². The molecule has 0 amide bonds. The van der Waals surface area contributed by atoms with E-state index in [4.69, 9.17) is 11.6 Å². The summed E-state index contributed by atoms with van der Waals surface area (Å²) in [4.78, 5) is 2.41. The van der Waals surface area contributed by atoms with Gasteiger partial charge in [0.05, 0.1) is 4.47 Å². The molecule has 1 saturated heterocycles. The third kappa shape index (κ3) is 5.15. The van der Waals surface area contributed by atoms with Crippen LogP contribution in [-0.4, -0.2) is 36.2 Å². The van der Waals surface area contributed by atoms with Crippen molar-refractivity contribution in [3.05, 3.63) is 27.2 Å². The zero-order valence-electron chi connectivity index (χ0n) is 11.9. The number of phenolic OH excluding ortho intramolecular Hbond substituents is 1. The van der Waals surface area contributed by atoms with Gasteiger partial charge < -0.3 is 10.4 Å². The van der Waals surface area contributed by atoms with Crippen LogP contribution in [0.4, 0.5) is 0 Å². The predicted octanol–water partition coefficient (Wildman–Crippen LogP) is 4.40. The second-order valence-electron chi connectivity index (χ2n) is 4.88. The fourth-order valence-electron chi connectivity index (χ4n) is 2.65. The molecule has 0 unspecified atom stereocenters. The third-order valence-electron chi connectivity index (χ3n) is 3.60. The number of aromatic hydroxyl groups is 1. The first-order chi connectivity index (χ1) is 9.15. The van der Waals surface area contributed by atoms with Gasteiger partial charge in [0.2, 0.25) is 0 Å². The normalized spacial score (nSPS) is 16.7. The van der Waals surface area contributed by atoms with Crippen LogP contribution in [0.25, 0.3) is 0 Å². The van der Waals surface area contributed by atoms with Crippen molar-refractivity contribution in [2.45, 2.75) is 25.8 Å². The number of hydrogen-bond donors (Lipinski definition) is 2. The number of phenols is 1. The van der Waals surface area contributed by atoms with Crippen LogP contribution in [0.1, 0.15) is 31.4 Å². The Morgan fingerprint density at radius 2 is 1.95 bits per heavy atom. The van der Waals surface area contributed by atoms with Gasteiger partial charge in [-0.1, -0.05) is 24.9 Å². The van der Waals surface area contributed by atoms with Gasteiger partial charge in [-0.25, -0.2) is 0 Å². The van der Waals surface area contributed by atoms with E-state index in [1.807, 2.05) is 6.07 Å². The number of nitrogens with zero attached hydrogens (tertiary/aromatic N) is 1. The number of hydrogen-bond acceptors (Lipinski definition) is 3. The van der Waals surface area contributed by atoms with E-state index in [1.165, 1.54) is 0 Å². The van der Waals surface area contributed by atoms with Gasteiger partial charge in [0, 0.05) is 42.8 Å². The molecule has 1 aromatic carbocycles. The summed E-state index contributed by atoms with van der Waals surface area (Å²) in [5, 5.41) is 14.3. The highest BCUT2D eigenvalue weighted by Gasteiger charge is 2.26. The summed E-state index contributed by atoms with van der Waals surface area (Å²) in [5.74, 6) is 0.282. The van der Waals surface area contributed by atoms with Crippen LogP contribution >= 0.6 is 52.3 Å². The molecule has 2 rings (SSSR count).